The summed E-state index contributed by atoms with van der Waals surface area (Å²) in [5.74, 6) is 0.660. The molecule has 2 aromatic carbocycles. The van der Waals surface area contributed by atoms with Crippen LogP contribution < -0.4 is 5.32 Å². The first-order valence-electron chi connectivity index (χ1n) is 11.7. The first-order chi connectivity index (χ1) is 16.9. The lowest BCUT2D eigenvalue weighted by Crippen LogP contribution is -2.49. The van der Waals surface area contributed by atoms with E-state index in [0.717, 1.165) is 52.8 Å². The Morgan fingerprint density at radius 1 is 1.20 bits per heavy atom. The maximum Gasteiger partial charge on any atom is 0.404 e. The van der Waals surface area contributed by atoms with E-state index in [0.29, 0.717) is 24.2 Å². The number of likely N-dealkylation sites (tertiary alicyclic amines) is 1. The molecule has 4 aromatic rings. The van der Waals surface area contributed by atoms with Crippen molar-refractivity contribution >= 4 is 33.9 Å². The minimum atomic E-state index is -1.07. The van der Waals surface area contributed by atoms with Crippen LogP contribution in [0.25, 0.3) is 33.5 Å². The number of nitrogens with one attached hydrogen (secondary N) is 1. The zero-order valence-corrected chi connectivity index (χ0v) is 19.7. The number of amides is 2. The highest BCUT2D eigenvalue weighted by Gasteiger charge is 2.26. The van der Waals surface area contributed by atoms with Crippen LogP contribution in [0.15, 0.2) is 42.5 Å². The lowest BCUT2D eigenvalue weighted by Gasteiger charge is -2.32. The molecule has 35 heavy (non-hydrogen) atoms. The Labute approximate surface area is 202 Å². The van der Waals surface area contributed by atoms with E-state index in [2.05, 4.69) is 28.9 Å². The molecule has 0 unspecified atom stereocenters. The van der Waals surface area contributed by atoms with Crippen molar-refractivity contribution in [3.8, 4) is 17.6 Å². The van der Waals surface area contributed by atoms with Crippen LogP contribution in [0.2, 0.25) is 0 Å². The predicted octanol–water partition coefficient (Wildman–Crippen LogP) is 3.96. The van der Waals surface area contributed by atoms with Gasteiger partial charge >= 0.3 is 6.09 Å². The SMILES string of the molecule is CCn1c(-c2nc3cc(C(=O)N4CCC[C@@H](NC(=O)O)C4)ccc3n2C)cc2ccc(C#N)cc21. The van der Waals surface area contributed by atoms with Crippen molar-refractivity contribution in [1.82, 2.24) is 24.3 Å². The average molecular weight is 471 g/mol. The van der Waals surface area contributed by atoms with E-state index in [4.69, 9.17) is 10.1 Å². The molecule has 1 aliphatic heterocycles. The van der Waals surface area contributed by atoms with Crippen molar-refractivity contribution in [2.75, 3.05) is 13.1 Å². The molecule has 1 atom stereocenters. The van der Waals surface area contributed by atoms with Gasteiger partial charge in [0.1, 0.15) is 0 Å². The summed E-state index contributed by atoms with van der Waals surface area (Å²) in [4.78, 5) is 30.8. The maximum absolute atomic E-state index is 13.2. The van der Waals surface area contributed by atoms with Crippen LogP contribution in [0.5, 0.6) is 0 Å². The molecule has 1 fully saturated rings. The molecule has 0 saturated carbocycles. The van der Waals surface area contributed by atoms with Crippen LogP contribution in [0.4, 0.5) is 4.79 Å². The number of aromatic nitrogens is 3. The average Bonchev–Trinajstić information content (AvgIpc) is 3.39. The minimum absolute atomic E-state index is 0.123. The van der Waals surface area contributed by atoms with E-state index >= 15 is 0 Å². The molecular weight excluding hydrogens is 444 g/mol. The molecule has 2 amide bonds. The number of aryl methyl sites for hydroxylation is 2. The molecule has 0 aliphatic carbocycles. The second-order valence-corrected chi connectivity index (χ2v) is 8.90. The van der Waals surface area contributed by atoms with Gasteiger partial charge in [0.25, 0.3) is 5.91 Å². The largest absolute Gasteiger partial charge is 0.465 e. The fourth-order valence-corrected chi connectivity index (χ4v) is 5.05. The molecule has 1 aliphatic rings. The first-order valence-corrected chi connectivity index (χ1v) is 11.7. The summed E-state index contributed by atoms with van der Waals surface area (Å²) in [6, 6.07) is 15.2. The highest BCUT2D eigenvalue weighted by molar-refractivity contribution is 5.98. The molecule has 1 saturated heterocycles. The number of carbonyl (C=O) groups is 2. The van der Waals surface area contributed by atoms with Gasteiger partial charge in [0.05, 0.1) is 28.4 Å². The Bertz CT molecular complexity index is 1510. The highest BCUT2D eigenvalue weighted by atomic mass is 16.4. The second-order valence-electron chi connectivity index (χ2n) is 8.90. The van der Waals surface area contributed by atoms with Crippen LogP contribution in [-0.2, 0) is 13.6 Å². The van der Waals surface area contributed by atoms with Gasteiger partial charge in [-0.2, -0.15) is 5.26 Å². The number of carboxylic acid groups (broad SMARTS) is 1. The monoisotopic (exact) mass is 470 g/mol. The summed E-state index contributed by atoms with van der Waals surface area (Å²) in [6.45, 7) is 3.75. The first kappa shape index (κ1) is 22.5. The predicted molar refractivity (Wildman–Crippen MR) is 132 cm³/mol. The van der Waals surface area contributed by atoms with E-state index in [-0.39, 0.29) is 11.9 Å². The fraction of sp³-hybridized carbons (Fsp3) is 0.308. The van der Waals surface area contributed by atoms with Gasteiger partial charge in [0, 0.05) is 49.2 Å². The number of nitrogens with zero attached hydrogens (tertiary/aromatic N) is 5. The molecule has 3 heterocycles. The summed E-state index contributed by atoms with van der Waals surface area (Å²) in [5.41, 5.74) is 4.71. The molecule has 0 bridgehead atoms. The number of imidazole rings is 1. The molecule has 9 heteroatoms. The van der Waals surface area contributed by atoms with E-state index in [9.17, 15) is 14.9 Å². The second kappa shape index (κ2) is 8.80. The van der Waals surface area contributed by atoms with Crippen LogP contribution in [-0.4, -0.2) is 55.3 Å². The summed E-state index contributed by atoms with van der Waals surface area (Å²) < 4.78 is 4.16. The Morgan fingerprint density at radius 3 is 2.77 bits per heavy atom. The van der Waals surface area contributed by atoms with E-state index in [1.54, 1.807) is 11.0 Å². The molecule has 0 radical (unpaired) electrons. The van der Waals surface area contributed by atoms with Crippen LogP contribution in [0, 0.1) is 11.3 Å². The fourth-order valence-electron chi connectivity index (χ4n) is 5.05. The quantitative estimate of drug-likeness (QED) is 0.468. The van der Waals surface area contributed by atoms with Crippen molar-refractivity contribution in [3.05, 3.63) is 53.6 Å². The van der Waals surface area contributed by atoms with Crippen molar-refractivity contribution < 1.29 is 14.7 Å². The van der Waals surface area contributed by atoms with Crippen LogP contribution >= 0.6 is 0 Å². The zero-order valence-electron chi connectivity index (χ0n) is 19.7. The third-order valence-electron chi connectivity index (χ3n) is 6.74. The molecule has 2 aromatic heterocycles. The van der Waals surface area contributed by atoms with Crippen molar-refractivity contribution in [1.29, 1.82) is 5.26 Å². The van der Waals surface area contributed by atoms with E-state index < -0.39 is 6.09 Å². The number of hydrogen-bond donors (Lipinski definition) is 2. The van der Waals surface area contributed by atoms with Gasteiger partial charge in [0.15, 0.2) is 5.82 Å². The number of piperidine rings is 1. The van der Waals surface area contributed by atoms with Gasteiger partial charge in [-0.3, -0.25) is 4.79 Å². The van der Waals surface area contributed by atoms with Crippen LogP contribution in [0.1, 0.15) is 35.7 Å². The Hall–Kier alpha value is -4.32. The number of fused-ring (bicyclic) bond motifs is 2. The number of benzene rings is 2. The van der Waals surface area contributed by atoms with Crippen molar-refractivity contribution in [3.63, 3.8) is 0 Å². The molecule has 9 nitrogen and oxygen atoms in total. The highest BCUT2D eigenvalue weighted by Crippen LogP contribution is 2.31. The third-order valence-corrected chi connectivity index (χ3v) is 6.74. The van der Waals surface area contributed by atoms with Gasteiger partial charge in [-0.05, 0) is 56.2 Å². The van der Waals surface area contributed by atoms with Gasteiger partial charge in [-0.1, -0.05) is 6.07 Å². The molecule has 5 rings (SSSR count). The number of hydrogen-bond acceptors (Lipinski definition) is 4. The minimum Gasteiger partial charge on any atom is -0.465 e. The van der Waals surface area contributed by atoms with E-state index in [1.807, 2.05) is 41.9 Å². The number of rotatable bonds is 4. The number of nitriles is 1. The Kier molecular flexibility index (Phi) is 5.65. The molecule has 0 spiro atoms. The lowest BCUT2D eigenvalue weighted by molar-refractivity contribution is 0.0692. The summed E-state index contributed by atoms with van der Waals surface area (Å²) in [7, 11) is 1.96. The third kappa shape index (κ3) is 3.97. The van der Waals surface area contributed by atoms with Gasteiger partial charge in [-0.15, -0.1) is 0 Å². The summed E-state index contributed by atoms with van der Waals surface area (Å²) >= 11 is 0. The number of carbonyl (C=O) groups excluding carboxylic acids is 1. The summed E-state index contributed by atoms with van der Waals surface area (Å²) in [6.07, 6.45) is 0.405. The molecular formula is C26H26N6O3. The van der Waals surface area contributed by atoms with Crippen LogP contribution in [0.3, 0.4) is 0 Å². The van der Waals surface area contributed by atoms with Crippen molar-refractivity contribution in [2.45, 2.75) is 32.4 Å². The Morgan fingerprint density at radius 2 is 2.03 bits per heavy atom. The molecule has 178 valence electrons. The van der Waals surface area contributed by atoms with Gasteiger partial charge in [0.2, 0.25) is 0 Å². The van der Waals surface area contributed by atoms with Gasteiger partial charge < -0.3 is 24.5 Å². The topological polar surface area (TPSA) is 116 Å². The standard InChI is InChI=1S/C26H26N6O3/c1-3-32-22-11-16(14-27)6-7-17(22)13-23(32)24-29-20-12-18(8-9-21(20)30(24)2)25(33)31-10-4-5-19(15-31)28-26(34)35/h6-9,11-13,19,28H,3-5,10,15H2,1-2H3,(H,34,35)/t19-/m1/s1. The Balaban J connectivity index is 1.50. The normalized spacial score (nSPS) is 15.9. The maximum atomic E-state index is 13.2. The summed E-state index contributed by atoms with van der Waals surface area (Å²) in [5, 5.41) is 21.9. The smallest absolute Gasteiger partial charge is 0.404 e. The van der Waals surface area contributed by atoms with Crippen molar-refractivity contribution in [2.24, 2.45) is 7.05 Å². The zero-order chi connectivity index (χ0) is 24.7. The lowest BCUT2D eigenvalue weighted by atomic mass is 10.0. The van der Waals surface area contributed by atoms with E-state index in [1.165, 1.54) is 0 Å². The molecule has 2 N–H and O–H groups in total. The van der Waals surface area contributed by atoms with Gasteiger partial charge in [-0.25, -0.2) is 9.78 Å².